The molecule has 2 aromatic rings. The van der Waals surface area contributed by atoms with Gasteiger partial charge in [-0.25, -0.2) is 0 Å². The Morgan fingerprint density at radius 2 is 1.73 bits per heavy atom. The fraction of sp³-hybridized carbons (Fsp3) is 0.333. The molecule has 0 unspecified atom stereocenters. The van der Waals surface area contributed by atoms with Crippen LogP contribution in [0.25, 0.3) is 0 Å². The standard InChI is InChI=1S/C18H20N4O4/c23-21(24)16-5-3-4-14(12-16)13-20-10-8-15(9-11-20)19-17-6-1-2-7-18(17)22(25)26/h1-7,12,15,19H,8-11,13H2. The SMILES string of the molecule is O=[N+]([O-])c1cccc(CN2CCC(Nc3ccccc3[N+](=O)[O-])CC2)c1. The monoisotopic (exact) mass is 356 g/mol. The molecule has 8 nitrogen and oxygen atoms in total. The Morgan fingerprint density at radius 1 is 1.00 bits per heavy atom. The molecule has 1 saturated heterocycles. The first-order valence-corrected chi connectivity index (χ1v) is 8.48. The molecule has 1 aliphatic rings. The Bertz CT molecular complexity index is 803. The number of hydrogen-bond donors (Lipinski definition) is 1. The number of non-ortho nitro benzene ring substituents is 1. The number of piperidine rings is 1. The van der Waals surface area contributed by atoms with Gasteiger partial charge < -0.3 is 5.32 Å². The number of nitro benzene ring substituents is 2. The minimum atomic E-state index is -0.383. The number of hydrogen-bond acceptors (Lipinski definition) is 6. The van der Waals surface area contributed by atoms with Gasteiger partial charge in [0.1, 0.15) is 5.69 Å². The molecule has 26 heavy (non-hydrogen) atoms. The molecule has 0 saturated carbocycles. The molecule has 0 aromatic heterocycles. The first-order chi connectivity index (χ1) is 12.5. The molecule has 0 aliphatic carbocycles. The van der Waals surface area contributed by atoms with Crippen LogP contribution < -0.4 is 5.32 Å². The van der Waals surface area contributed by atoms with Gasteiger partial charge >= 0.3 is 0 Å². The second kappa shape index (κ2) is 7.92. The van der Waals surface area contributed by atoms with E-state index in [0.29, 0.717) is 12.2 Å². The highest BCUT2D eigenvalue weighted by atomic mass is 16.6. The van der Waals surface area contributed by atoms with Crippen LogP contribution in [0.2, 0.25) is 0 Å². The van der Waals surface area contributed by atoms with E-state index in [2.05, 4.69) is 10.2 Å². The smallest absolute Gasteiger partial charge is 0.292 e. The van der Waals surface area contributed by atoms with Crippen LogP contribution in [0.5, 0.6) is 0 Å². The average molecular weight is 356 g/mol. The number of likely N-dealkylation sites (tertiary alicyclic amines) is 1. The van der Waals surface area contributed by atoms with E-state index in [0.717, 1.165) is 31.5 Å². The van der Waals surface area contributed by atoms with Gasteiger partial charge in [0, 0.05) is 43.9 Å². The van der Waals surface area contributed by atoms with E-state index >= 15 is 0 Å². The third kappa shape index (κ3) is 4.34. The summed E-state index contributed by atoms with van der Waals surface area (Å²) in [6.45, 7) is 2.34. The summed E-state index contributed by atoms with van der Waals surface area (Å²) in [7, 11) is 0. The minimum absolute atomic E-state index is 0.0894. The minimum Gasteiger partial charge on any atom is -0.377 e. The van der Waals surface area contributed by atoms with Gasteiger partial charge in [-0.15, -0.1) is 0 Å². The van der Waals surface area contributed by atoms with Gasteiger partial charge in [-0.1, -0.05) is 24.3 Å². The van der Waals surface area contributed by atoms with Gasteiger partial charge in [0.2, 0.25) is 0 Å². The number of nitrogens with zero attached hydrogens (tertiary/aromatic N) is 3. The lowest BCUT2D eigenvalue weighted by Gasteiger charge is -2.32. The molecule has 1 N–H and O–H groups in total. The van der Waals surface area contributed by atoms with Crippen LogP contribution in [0.3, 0.4) is 0 Å². The number of nitro groups is 2. The molecule has 136 valence electrons. The normalized spacial score (nSPS) is 15.5. The van der Waals surface area contributed by atoms with Crippen LogP contribution >= 0.6 is 0 Å². The maximum absolute atomic E-state index is 11.1. The van der Waals surface area contributed by atoms with Crippen molar-refractivity contribution in [3.63, 3.8) is 0 Å². The summed E-state index contributed by atoms with van der Waals surface area (Å²) in [5, 5.41) is 25.3. The highest BCUT2D eigenvalue weighted by molar-refractivity contribution is 5.61. The number of nitrogens with one attached hydrogen (secondary N) is 1. The molecular formula is C18H20N4O4. The fourth-order valence-electron chi connectivity index (χ4n) is 3.24. The first-order valence-electron chi connectivity index (χ1n) is 8.48. The van der Waals surface area contributed by atoms with Crippen LogP contribution in [-0.2, 0) is 6.54 Å². The third-order valence-electron chi connectivity index (χ3n) is 4.58. The van der Waals surface area contributed by atoms with Crippen molar-refractivity contribution >= 4 is 17.1 Å². The van der Waals surface area contributed by atoms with Crippen LogP contribution in [-0.4, -0.2) is 33.9 Å². The largest absolute Gasteiger partial charge is 0.377 e. The predicted molar refractivity (Wildman–Crippen MR) is 98.1 cm³/mol. The lowest BCUT2D eigenvalue weighted by Crippen LogP contribution is -2.38. The van der Waals surface area contributed by atoms with E-state index in [4.69, 9.17) is 0 Å². The van der Waals surface area contributed by atoms with E-state index < -0.39 is 0 Å². The first kappa shape index (κ1) is 17.8. The van der Waals surface area contributed by atoms with Crippen molar-refractivity contribution in [1.29, 1.82) is 0 Å². The summed E-state index contributed by atoms with van der Waals surface area (Å²) in [6.07, 6.45) is 1.72. The van der Waals surface area contributed by atoms with Gasteiger partial charge in [-0.05, 0) is 24.5 Å². The van der Waals surface area contributed by atoms with Gasteiger partial charge in [-0.3, -0.25) is 25.1 Å². The van der Waals surface area contributed by atoms with Crippen molar-refractivity contribution in [3.8, 4) is 0 Å². The zero-order chi connectivity index (χ0) is 18.5. The predicted octanol–water partition coefficient (Wildman–Crippen LogP) is 3.58. The fourth-order valence-corrected chi connectivity index (χ4v) is 3.24. The number of anilines is 1. The molecule has 1 fully saturated rings. The van der Waals surface area contributed by atoms with Crippen LogP contribution in [0.15, 0.2) is 48.5 Å². The molecule has 0 atom stereocenters. The summed E-state index contributed by atoms with van der Waals surface area (Å²) in [6, 6.07) is 13.5. The quantitative estimate of drug-likeness (QED) is 0.627. The molecule has 2 aromatic carbocycles. The second-order valence-electron chi connectivity index (χ2n) is 6.40. The summed E-state index contributed by atoms with van der Waals surface area (Å²) in [5.41, 5.74) is 1.67. The summed E-state index contributed by atoms with van der Waals surface area (Å²) < 4.78 is 0. The maximum Gasteiger partial charge on any atom is 0.292 e. The van der Waals surface area contributed by atoms with Gasteiger partial charge in [-0.2, -0.15) is 0 Å². The Hall–Kier alpha value is -3.00. The van der Waals surface area contributed by atoms with E-state index in [1.807, 2.05) is 6.07 Å². The van der Waals surface area contributed by atoms with Crippen molar-refractivity contribution in [2.75, 3.05) is 18.4 Å². The van der Waals surface area contributed by atoms with Crippen molar-refractivity contribution in [1.82, 2.24) is 4.90 Å². The van der Waals surface area contributed by atoms with E-state index in [9.17, 15) is 20.2 Å². The highest BCUT2D eigenvalue weighted by Crippen LogP contribution is 2.26. The van der Waals surface area contributed by atoms with E-state index in [1.165, 1.54) is 12.1 Å². The maximum atomic E-state index is 11.1. The Kier molecular flexibility index (Phi) is 5.43. The highest BCUT2D eigenvalue weighted by Gasteiger charge is 2.22. The molecule has 0 amide bonds. The number of benzene rings is 2. The van der Waals surface area contributed by atoms with Crippen molar-refractivity contribution in [2.45, 2.75) is 25.4 Å². The molecule has 0 radical (unpaired) electrons. The Balaban J connectivity index is 1.56. The Morgan fingerprint density at radius 3 is 2.42 bits per heavy atom. The zero-order valence-corrected chi connectivity index (χ0v) is 14.2. The number of para-hydroxylation sites is 2. The topological polar surface area (TPSA) is 102 Å². The average Bonchev–Trinajstić information content (AvgIpc) is 2.64. The van der Waals surface area contributed by atoms with Crippen molar-refractivity contribution in [3.05, 3.63) is 74.3 Å². The van der Waals surface area contributed by atoms with E-state index in [-0.39, 0.29) is 27.3 Å². The molecular weight excluding hydrogens is 336 g/mol. The Labute approximate surface area is 150 Å². The van der Waals surface area contributed by atoms with Gasteiger partial charge in [0.05, 0.1) is 9.85 Å². The molecule has 1 aliphatic heterocycles. The summed E-state index contributed by atoms with van der Waals surface area (Å²) in [4.78, 5) is 23.5. The third-order valence-corrected chi connectivity index (χ3v) is 4.58. The van der Waals surface area contributed by atoms with E-state index in [1.54, 1.807) is 30.3 Å². The molecule has 3 rings (SSSR count). The molecule has 1 heterocycles. The summed E-state index contributed by atoms with van der Waals surface area (Å²) in [5.74, 6) is 0. The molecule has 8 heteroatoms. The molecule has 0 spiro atoms. The number of rotatable bonds is 6. The summed E-state index contributed by atoms with van der Waals surface area (Å²) >= 11 is 0. The van der Waals surface area contributed by atoms with Crippen LogP contribution in [0, 0.1) is 20.2 Å². The van der Waals surface area contributed by atoms with Crippen molar-refractivity contribution in [2.24, 2.45) is 0 Å². The lowest BCUT2D eigenvalue weighted by molar-refractivity contribution is -0.385. The van der Waals surface area contributed by atoms with Crippen LogP contribution in [0.1, 0.15) is 18.4 Å². The lowest BCUT2D eigenvalue weighted by atomic mass is 10.0. The zero-order valence-electron chi connectivity index (χ0n) is 14.2. The van der Waals surface area contributed by atoms with Gasteiger partial charge in [0.15, 0.2) is 0 Å². The molecule has 0 bridgehead atoms. The van der Waals surface area contributed by atoms with Gasteiger partial charge in [0.25, 0.3) is 11.4 Å². The van der Waals surface area contributed by atoms with Crippen LogP contribution in [0.4, 0.5) is 17.1 Å². The van der Waals surface area contributed by atoms with Crippen molar-refractivity contribution < 1.29 is 9.85 Å². The second-order valence-corrected chi connectivity index (χ2v) is 6.40.